The smallest absolute Gasteiger partial charge is 0.341 e. The molecule has 0 heterocycles. The van der Waals surface area contributed by atoms with Gasteiger partial charge in [-0.15, -0.1) is 0 Å². The van der Waals surface area contributed by atoms with Gasteiger partial charge in [0.15, 0.2) is 0 Å². The maximum absolute atomic E-state index is 12.2. The fourth-order valence-electron chi connectivity index (χ4n) is 1.13. The van der Waals surface area contributed by atoms with Crippen molar-refractivity contribution in [2.24, 2.45) is 0 Å². The van der Waals surface area contributed by atoms with Crippen molar-refractivity contribution in [3.05, 3.63) is 23.8 Å². The number of benzene rings is 1. The molecule has 0 aliphatic carbocycles. The maximum Gasteiger partial charge on any atom is 0.341 e. The van der Waals surface area contributed by atoms with E-state index in [4.69, 9.17) is 5.11 Å². The lowest BCUT2D eigenvalue weighted by Crippen LogP contribution is -2.12. The summed E-state index contributed by atoms with van der Waals surface area (Å²) in [7, 11) is -3.63. The summed E-state index contributed by atoms with van der Waals surface area (Å²) in [6.07, 6.45) is 0. The Morgan fingerprint density at radius 2 is 2.00 bits per heavy atom. The van der Waals surface area contributed by atoms with E-state index < -0.39 is 32.0 Å². The number of carbonyl (C=O) groups is 1. The largest absolute Gasteiger partial charge is 0.496 e. The molecular formula is C9H8F2O5S. The fourth-order valence-corrected chi connectivity index (χ4v) is 1.88. The van der Waals surface area contributed by atoms with E-state index in [1.54, 1.807) is 0 Å². The van der Waals surface area contributed by atoms with Crippen LogP contribution >= 0.6 is 0 Å². The molecule has 0 saturated heterocycles. The number of carboxylic acid groups (broad SMARTS) is 1. The molecule has 1 aromatic carbocycles. The Morgan fingerprint density at radius 3 is 2.41 bits per heavy atom. The standard InChI is InChI=1S/C9H8F2O5S/c1-16-7-3-2-5(4-6(7)8(12)13)17(14,15)9(10)11/h2-4,9H,1H3,(H,12,13). The molecule has 94 valence electrons. The second-order valence-corrected chi connectivity index (χ2v) is 4.89. The lowest BCUT2D eigenvalue weighted by atomic mass is 10.2. The average Bonchev–Trinajstić information content (AvgIpc) is 2.27. The monoisotopic (exact) mass is 266 g/mol. The molecule has 0 aliphatic rings. The van der Waals surface area contributed by atoms with E-state index in [0.29, 0.717) is 6.07 Å². The predicted octanol–water partition coefficient (Wildman–Crippen LogP) is 1.39. The van der Waals surface area contributed by atoms with E-state index in [1.807, 2.05) is 0 Å². The van der Waals surface area contributed by atoms with Crippen molar-refractivity contribution in [1.29, 1.82) is 0 Å². The summed E-state index contributed by atoms with van der Waals surface area (Å²) in [5.41, 5.74) is -0.491. The molecule has 1 N–H and O–H groups in total. The maximum atomic E-state index is 12.2. The van der Waals surface area contributed by atoms with E-state index in [9.17, 15) is 22.0 Å². The Kier molecular flexibility index (Phi) is 3.66. The lowest BCUT2D eigenvalue weighted by Gasteiger charge is -2.07. The number of halogens is 2. The van der Waals surface area contributed by atoms with Gasteiger partial charge in [0.05, 0.1) is 12.0 Å². The molecule has 8 heteroatoms. The third-order valence-corrected chi connectivity index (χ3v) is 3.34. The molecular weight excluding hydrogens is 258 g/mol. The minimum atomic E-state index is -4.81. The Balaban J connectivity index is 3.41. The van der Waals surface area contributed by atoms with Crippen LogP contribution < -0.4 is 4.74 Å². The number of rotatable bonds is 4. The van der Waals surface area contributed by atoms with Crippen LogP contribution in [0.4, 0.5) is 8.78 Å². The molecule has 0 aromatic heterocycles. The number of hydrogen-bond donors (Lipinski definition) is 1. The summed E-state index contributed by atoms with van der Waals surface area (Å²) in [5.74, 6) is -5.17. The van der Waals surface area contributed by atoms with Gasteiger partial charge in [0.25, 0.3) is 0 Å². The van der Waals surface area contributed by atoms with Crippen molar-refractivity contribution in [2.45, 2.75) is 10.7 Å². The first-order valence-electron chi connectivity index (χ1n) is 4.24. The van der Waals surface area contributed by atoms with E-state index >= 15 is 0 Å². The minimum Gasteiger partial charge on any atom is -0.496 e. The number of hydrogen-bond acceptors (Lipinski definition) is 4. The molecule has 0 atom stereocenters. The normalized spacial score (nSPS) is 11.5. The van der Waals surface area contributed by atoms with Crippen LogP contribution in [0.2, 0.25) is 0 Å². The molecule has 1 rings (SSSR count). The zero-order valence-corrected chi connectivity index (χ0v) is 9.37. The van der Waals surface area contributed by atoms with Gasteiger partial charge in [-0.25, -0.2) is 13.2 Å². The van der Waals surface area contributed by atoms with Crippen molar-refractivity contribution in [1.82, 2.24) is 0 Å². The molecule has 1 aromatic rings. The van der Waals surface area contributed by atoms with Crippen LogP contribution in [0.3, 0.4) is 0 Å². The van der Waals surface area contributed by atoms with Gasteiger partial charge in [-0.2, -0.15) is 8.78 Å². The molecule has 17 heavy (non-hydrogen) atoms. The van der Waals surface area contributed by atoms with Gasteiger partial charge in [0.2, 0.25) is 9.84 Å². The van der Waals surface area contributed by atoms with Crippen molar-refractivity contribution in [3.63, 3.8) is 0 Å². The van der Waals surface area contributed by atoms with Gasteiger partial charge >= 0.3 is 11.7 Å². The fraction of sp³-hybridized carbons (Fsp3) is 0.222. The van der Waals surface area contributed by atoms with E-state index in [-0.39, 0.29) is 5.75 Å². The first kappa shape index (κ1) is 13.4. The van der Waals surface area contributed by atoms with Gasteiger partial charge in [0, 0.05) is 0 Å². The lowest BCUT2D eigenvalue weighted by molar-refractivity contribution is 0.0693. The third kappa shape index (κ3) is 2.52. The molecule has 0 saturated carbocycles. The van der Waals surface area contributed by atoms with E-state index in [1.165, 1.54) is 7.11 Å². The number of ether oxygens (including phenoxy) is 1. The van der Waals surface area contributed by atoms with Crippen LogP contribution in [0.5, 0.6) is 5.75 Å². The highest BCUT2D eigenvalue weighted by Crippen LogP contribution is 2.25. The van der Waals surface area contributed by atoms with Crippen LogP contribution in [0.1, 0.15) is 10.4 Å². The number of carboxylic acids is 1. The summed E-state index contributed by atoms with van der Waals surface area (Å²) in [6, 6.07) is 2.52. The first-order valence-corrected chi connectivity index (χ1v) is 5.78. The molecule has 5 nitrogen and oxygen atoms in total. The van der Waals surface area contributed by atoms with Gasteiger partial charge in [-0.05, 0) is 18.2 Å². The summed E-state index contributed by atoms with van der Waals surface area (Å²) in [6.45, 7) is 0. The molecule has 0 amide bonds. The zero-order chi connectivity index (χ0) is 13.2. The Bertz CT molecular complexity index is 538. The van der Waals surface area contributed by atoms with Gasteiger partial charge in [-0.3, -0.25) is 0 Å². The third-order valence-electron chi connectivity index (χ3n) is 1.96. The molecule has 0 unspecified atom stereocenters. The van der Waals surface area contributed by atoms with E-state index in [2.05, 4.69) is 4.74 Å². The van der Waals surface area contributed by atoms with Crippen molar-refractivity contribution in [2.75, 3.05) is 7.11 Å². The zero-order valence-electron chi connectivity index (χ0n) is 8.55. The number of aromatic carboxylic acids is 1. The van der Waals surface area contributed by atoms with Gasteiger partial charge in [-0.1, -0.05) is 0 Å². The van der Waals surface area contributed by atoms with Gasteiger partial charge < -0.3 is 9.84 Å². The van der Waals surface area contributed by atoms with Crippen LogP contribution in [-0.2, 0) is 9.84 Å². The molecule has 0 spiro atoms. The SMILES string of the molecule is COc1ccc(S(=O)(=O)C(F)F)cc1C(=O)O. The average molecular weight is 266 g/mol. The topological polar surface area (TPSA) is 80.7 Å². The number of sulfone groups is 1. The Labute approximate surface area is 95.6 Å². The van der Waals surface area contributed by atoms with Crippen LogP contribution in [-0.4, -0.2) is 32.4 Å². The predicted molar refractivity (Wildman–Crippen MR) is 53.1 cm³/mol. The van der Waals surface area contributed by atoms with Crippen molar-refractivity contribution >= 4 is 15.8 Å². The quantitative estimate of drug-likeness (QED) is 0.890. The number of alkyl halides is 2. The van der Waals surface area contributed by atoms with E-state index in [0.717, 1.165) is 12.1 Å². The van der Waals surface area contributed by atoms with Crippen LogP contribution in [0.25, 0.3) is 0 Å². The highest BCUT2D eigenvalue weighted by Gasteiger charge is 2.28. The van der Waals surface area contributed by atoms with Crippen LogP contribution in [0.15, 0.2) is 23.1 Å². The van der Waals surface area contributed by atoms with Crippen LogP contribution in [0, 0.1) is 0 Å². The van der Waals surface area contributed by atoms with Gasteiger partial charge in [0.1, 0.15) is 11.3 Å². The van der Waals surface area contributed by atoms with Crippen molar-refractivity contribution in [3.8, 4) is 5.75 Å². The minimum absolute atomic E-state index is 0.106. The first-order chi connectivity index (χ1) is 7.80. The Morgan fingerprint density at radius 1 is 1.41 bits per heavy atom. The molecule has 0 radical (unpaired) electrons. The molecule has 0 bridgehead atoms. The summed E-state index contributed by atoms with van der Waals surface area (Å²) >= 11 is 0. The summed E-state index contributed by atoms with van der Waals surface area (Å²) in [4.78, 5) is 10.0. The highest BCUT2D eigenvalue weighted by molar-refractivity contribution is 7.91. The molecule has 0 aliphatic heterocycles. The molecule has 0 fully saturated rings. The second kappa shape index (κ2) is 4.66. The second-order valence-electron chi connectivity index (χ2n) is 2.97. The summed E-state index contributed by atoms with van der Waals surface area (Å²) < 4.78 is 51.4. The number of methoxy groups -OCH3 is 1. The summed E-state index contributed by atoms with van der Waals surface area (Å²) in [5, 5.41) is 8.76. The Hall–Kier alpha value is -1.70. The highest BCUT2D eigenvalue weighted by atomic mass is 32.2. The van der Waals surface area contributed by atoms with Crippen molar-refractivity contribution < 1.29 is 31.8 Å².